The van der Waals surface area contributed by atoms with Crippen LogP contribution in [-0.2, 0) is 4.74 Å². The highest BCUT2D eigenvalue weighted by molar-refractivity contribution is 5.90. The second-order valence-corrected chi connectivity index (χ2v) is 6.69. The molecule has 0 unspecified atom stereocenters. The van der Waals surface area contributed by atoms with E-state index in [0.29, 0.717) is 29.7 Å². The van der Waals surface area contributed by atoms with Gasteiger partial charge in [-0.15, -0.1) is 0 Å². The van der Waals surface area contributed by atoms with Crippen molar-refractivity contribution in [2.45, 2.75) is 26.7 Å². The van der Waals surface area contributed by atoms with Crippen molar-refractivity contribution >= 4 is 23.2 Å². The van der Waals surface area contributed by atoms with Crippen molar-refractivity contribution < 1.29 is 14.3 Å². The van der Waals surface area contributed by atoms with Gasteiger partial charge >= 0.3 is 5.97 Å². The molecule has 7 heteroatoms. The molecule has 0 aliphatic rings. The molecule has 0 bridgehead atoms. The Balaban J connectivity index is 1.74. The summed E-state index contributed by atoms with van der Waals surface area (Å²) in [4.78, 5) is 20.1. The quantitative estimate of drug-likeness (QED) is 0.552. The number of nitrogen functional groups attached to an aromatic ring is 1. The monoisotopic (exact) mass is 392 g/mol. The van der Waals surface area contributed by atoms with Crippen molar-refractivity contribution in [1.29, 1.82) is 0 Å². The first-order valence-electron chi connectivity index (χ1n) is 9.40. The Kier molecular flexibility index (Phi) is 6.29. The van der Waals surface area contributed by atoms with E-state index in [9.17, 15) is 4.79 Å². The molecule has 3 rings (SSSR count). The predicted molar refractivity (Wildman–Crippen MR) is 113 cm³/mol. The van der Waals surface area contributed by atoms with Gasteiger partial charge in [0.15, 0.2) is 5.82 Å². The summed E-state index contributed by atoms with van der Waals surface area (Å²) in [6.45, 7) is 6.37. The summed E-state index contributed by atoms with van der Waals surface area (Å²) in [5.74, 6) is 1.41. The Labute approximate surface area is 169 Å². The van der Waals surface area contributed by atoms with Crippen molar-refractivity contribution in [3.63, 3.8) is 0 Å². The maximum atomic E-state index is 11.7. The van der Waals surface area contributed by atoms with E-state index in [4.69, 9.17) is 15.2 Å². The van der Waals surface area contributed by atoms with Crippen molar-refractivity contribution in [3.05, 3.63) is 66.0 Å². The van der Waals surface area contributed by atoms with E-state index in [1.807, 2.05) is 24.3 Å². The van der Waals surface area contributed by atoms with Crippen molar-refractivity contribution in [3.8, 4) is 11.6 Å². The summed E-state index contributed by atoms with van der Waals surface area (Å²) in [7, 11) is 0. The number of hydrogen-bond donors (Lipinski definition) is 2. The Morgan fingerprint density at radius 1 is 1.07 bits per heavy atom. The zero-order chi connectivity index (χ0) is 20.8. The van der Waals surface area contributed by atoms with E-state index in [2.05, 4.69) is 29.1 Å². The lowest BCUT2D eigenvalue weighted by Gasteiger charge is -2.12. The van der Waals surface area contributed by atoms with Gasteiger partial charge < -0.3 is 20.5 Å². The van der Waals surface area contributed by atoms with Crippen LogP contribution in [0.4, 0.5) is 17.2 Å². The van der Waals surface area contributed by atoms with Gasteiger partial charge in [0.05, 0.1) is 12.2 Å². The van der Waals surface area contributed by atoms with E-state index in [1.165, 1.54) is 11.9 Å². The largest absolute Gasteiger partial charge is 0.462 e. The normalized spacial score (nSPS) is 10.6. The predicted octanol–water partition coefficient (Wildman–Crippen LogP) is 4.89. The van der Waals surface area contributed by atoms with Gasteiger partial charge in [-0.2, -0.15) is 4.98 Å². The minimum absolute atomic E-state index is 0.267. The fraction of sp³-hybridized carbons (Fsp3) is 0.227. The average Bonchev–Trinajstić information content (AvgIpc) is 2.72. The Morgan fingerprint density at radius 3 is 2.38 bits per heavy atom. The molecular weight excluding hydrogens is 368 g/mol. The lowest BCUT2D eigenvalue weighted by atomic mass is 10.0. The topological polar surface area (TPSA) is 99.4 Å². The van der Waals surface area contributed by atoms with E-state index in [1.54, 1.807) is 31.2 Å². The van der Waals surface area contributed by atoms with Gasteiger partial charge in [-0.05, 0) is 54.8 Å². The molecule has 150 valence electrons. The van der Waals surface area contributed by atoms with Crippen LogP contribution in [0.15, 0.2) is 54.9 Å². The molecule has 3 N–H and O–H groups in total. The van der Waals surface area contributed by atoms with Gasteiger partial charge in [-0.3, -0.25) is 0 Å². The van der Waals surface area contributed by atoms with Crippen molar-refractivity contribution in [2.24, 2.45) is 0 Å². The molecule has 0 saturated carbocycles. The molecule has 29 heavy (non-hydrogen) atoms. The van der Waals surface area contributed by atoms with Crippen LogP contribution in [0.5, 0.6) is 11.6 Å². The van der Waals surface area contributed by atoms with Gasteiger partial charge in [-0.1, -0.05) is 26.0 Å². The Bertz CT molecular complexity index is 970. The standard InChI is InChI=1S/C22H24N4O3/c1-4-28-22(27)16-5-9-17(10-6-16)26-20-19(23)21(25-13-24-20)29-18-11-7-15(8-12-18)14(2)3/h5-14H,4,23H2,1-3H3,(H,24,25,26). The maximum absolute atomic E-state index is 11.7. The SMILES string of the molecule is CCOC(=O)c1ccc(Nc2ncnc(Oc3ccc(C(C)C)cc3)c2N)cc1. The molecule has 1 heterocycles. The third kappa shape index (κ3) is 5.01. The van der Waals surface area contributed by atoms with Crippen molar-refractivity contribution in [2.75, 3.05) is 17.7 Å². The molecule has 0 aliphatic heterocycles. The van der Waals surface area contributed by atoms with Gasteiger partial charge in [0.1, 0.15) is 17.8 Å². The molecule has 0 radical (unpaired) electrons. The molecule has 1 aromatic heterocycles. The Hall–Kier alpha value is -3.61. The zero-order valence-electron chi connectivity index (χ0n) is 16.7. The molecule has 0 spiro atoms. The number of carbonyl (C=O) groups excluding carboxylic acids is 1. The maximum Gasteiger partial charge on any atom is 0.338 e. The minimum Gasteiger partial charge on any atom is -0.462 e. The number of rotatable bonds is 7. The van der Waals surface area contributed by atoms with E-state index in [0.717, 1.165) is 5.69 Å². The minimum atomic E-state index is -0.361. The second kappa shape index (κ2) is 9.05. The highest BCUT2D eigenvalue weighted by atomic mass is 16.5. The number of aromatic nitrogens is 2. The van der Waals surface area contributed by atoms with Gasteiger partial charge in [-0.25, -0.2) is 9.78 Å². The fourth-order valence-corrected chi connectivity index (χ4v) is 2.63. The van der Waals surface area contributed by atoms with Gasteiger partial charge in [0, 0.05) is 5.69 Å². The highest BCUT2D eigenvalue weighted by Crippen LogP contribution is 2.31. The summed E-state index contributed by atoms with van der Waals surface area (Å²) < 4.78 is 10.8. The number of ether oxygens (including phenoxy) is 2. The molecule has 0 aliphatic carbocycles. The summed E-state index contributed by atoms with van der Waals surface area (Å²) >= 11 is 0. The number of benzene rings is 2. The second-order valence-electron chi connectivity index (χ2n) is 6.69. The number of anilines is 3. The third-order valence-electron chi connectivity index (χ3n) is 4.27. The third-order valence-corrected chi connectivity index (χ3v) is 4.27. The molecule has 7 nitrogen and oxygen atoms in total. The summed E-state index contributed by atoms with van der Waals surface area (Å²) in [6, 6.07) is 14.6. The van der Waals surface area contributed by atoms with Crippen LogP contribution in [0.1, 0.15) is 42.6 Å². The summed E-state index contributed by atoms with van der Waals surface area (Å²) in [5, 5.41) is 3.11. The van der Waals surface area contributed by atoms with E-state index < -0.39 is 0 Å². The van der Waals surface area contributed by atoms with Crippen LogP contribution in [0.2, 0.25) is 0 Å². The number of nitrogens with zero attached hydrogens (tertiary/aromatic N) is 2. The first-order chi connectivity index (χ1) is 14.0. The molecule has 3 aromatic rings. The molecule has 0 atom stereocenters. The zero-order valence-corrected chi connectivity index (χ0v) is 16.7. The van der Waals surface area contributed by atoms with Crippen LogP contribution in [0.25, 0.3) is 0 Å². The smallest absolute Gasteiger partial charge is 0.338 e. The first-order valence-corrected chi connectivity index (χ1v) is 9.40. The first kappa shape index (κ1) is 20.1. The van der Waals surface area contributed by atoms with Crippen molar-refractivity contribution in [1.82, 2.24) is 9.97 Å². The summed E-state index contributed by atoms with van der Waals surface area (Å²) in [6.07, 6.45) is 1.38. The molecular formula is C22H24N4O3. The molecule has 0 amide bonds. The molecule has 2 aromatic carbocycles. The van der Waals surface area contributed by atoms with Crippen LogP contribution in [0.3, 0.4) is 0 Å². The van der Waals surface area contributed by atoms with Crippen LogP contribution in [0, 0.1) is 0 Å². The molecule has 0 fully saturated rings. The van der Waals surface area contributed by atoms with Crippen LogP contribution in [-0.4, -0.2) is 22.5 Å². The number of esters is 1. The number of nitrogens with two attached hydrogens (primary N) is 1. The average molecular weight is 392 g/mol. The van der Waals surface area contributed by atoms with Crippen LogP contribution >= 0.6 is 0 Å². The molecule has 0 saturated heterocycles. The van der Waals surface area contributed by atoms with Gasteiger partial charge in [0.25, 0.3) is 0 Å². The highest BCUT2D eigenvalue weighted by Gasteiger charge is 2.12. The Morgan fingerprint density at radius 2 is 1.76 bits per heavy atom. The number of carbonyl (C=O) groups is 1. The number of hydrogen-bond acceptors (Lipinski definition) is 7. The van der Waals surface area contributed by atoms with Crippen LogP contribution < -0.4 is 15.8 Å². The lowest BCUT2D eigenvalue weighted by molar-refractivity contribution is 0.0526. The van der Waals surface area contributed by atoms with Gasteiger partial charge in [0.2, 0.25) is 5.88 Å². The van der Waals surface area contributed by atoms with E-state index >= 15 is 0 Å². The van der Waals surface area contributed by atoms with E-state index in [-0.39, 0.29) is 17.5 Å². The lowest BCUT2D eigenvalue weighted by Crippen LogP contribution is -2.05. The fourth-order valence-electron chi connectivity index (χ4n) is 2.63. The number of nitrogens with one attached hydrogen (secondary N) is 1. The summed E-state index contributed by atoms with van der Waals surface area (Å²) in [5.41, 5.74) is 8.89.